The number of terminal acetylenes is 2. The van der Waals surface area contributed by atoms with Gasteiger partial charge in [-0.15, -0.1) is 12.8 Å². The van der Waals surface area contributed by atoms with Crippen molar-refractivity contribution in [3.63, 3.8) is 0 Å². The van der Waals surface area contributed by atoms with E-state index in [0.717, 1.165) is 0 Å². The van der Waals surface area contributed by atoms with Crippen molar-refractivity contribution in [2.24, 2.45) is 5.10 Å². The molecule has 4 heteroatoms. The maximum atomic E-state index is 11.9. The molecule has 2 aromatic rings. The zero-order valence-electron chi connectivity index (χ0n) is 11.6. The molecule has 0 aromatic heterocycles. The van der Waals surface area contributed by atoms with Crippen molar-refractivity contribution in [2.45, 2.75) is 0 Å². The Balaban J connectivity index is 2.04. The number of benzene rings is 2. The number of aromatic hydroxyl groups is 1. The van der Waals surface area contributed by atoms with Crippen LogP contribution in [0.25, 0.3) is 0 Å². The lowest BCUT2D eigenvalue weighted by Gasteiger charge is -2.01. The van der Waals surface area contributed by atoms with Crippen molar-refractivity contribution < 1.29 is 9.90 Å². The van der Waals surface area contributed by atoms with E-state index >= 15 is 0 Å². The molecule has 0 saturated heterocycles. The summed E-state index contributed by atoms with van der Waals surface area (Å²) in [5.74, 6) is 4.50. The summed E-state index contributed by atoms with van der Waals surface area (Å²) in [5.41, 5.74) is 4.50. The smallest absolute Gasteiger partial charge is 0.271 e. The maximum Gasteiger partial charge on any atom is 0.271 e. The number of nitrogens with one attached hydrogen (secondary N) is 1. The minimum absolute atomic E-state index is 0.00757. The fourth-order valence-electron chi connectivity index (χ4n) is 1.69. The molecule has 1 amide bonds. The lowest BCUT2D eigenvalue weighted by Crippen LogP contribution is -2.17. The van der Waals surface area contributed by atoms with Gasteiger partial charge in [-0.25, -0.2) is 5.43 Å². The van der Waals surface area contributed by atoms with Crippen LogP contribution in [0.1, 0.15) is 27.0 Å². The molecular weight excluding hydrogens is 276 g/mol. The quantitative estimate of drug-likeness (QED) is 0.516. The first-order valence-electron chi connectivity index (χ1n) is 6.33. The van der Waals surface area contributed by atoms with Crippen molar-refractivity contribution in [1.29, 1.82) is 0 Å². The van der Waals surface area contributed by atoms with Crippen molar-refractivity contribution in [3.8, 4) is 30.4 Å². The predicted molar refractivity (Wildman–Crippen MR) is 85.5 cm³/mol. The normalized spacial score (nSPS) is 9.91. The highest BCUT2D eigenvalue weighted by molar-refractivity contribution is 5.95. The monoisotopic (exact) mass is 288 g/mol. The van der Waals surface area contributed by atoms with Crippen molar-refractivity contribution >= 4 is 12.1 Å². The molecule has 0 heterocycles. The average Bonchev–Trinajstić information content (AvgIpc) is 2.56. The fraction of sp³-hybridized carbons (Fsp3) is 0. The number of hydrazone groups is 1. The fourth-order valence-corrected chi connectivity index (χ4v) is 1.69. The lowest BCUT2D eigenvalue weighted by molar-refractivity contribution is 0.0955. The van der Waals surface area contributed by atoms with E-state index in [-0.39, 0.29) is 11.7 Å². The molecule has 0 bridgehead atoms. The Hall–Kier alpha value is -3.50. The molecule has 106 valence electrons. The SMILES string of the molecule is C#Cc1ccc(C(=O)N/N=C/c2ccc(C#C)cc2O)cc1. The Morgan fingerprint density at radius 1 is 1.09 bits per heavy atom. The Kier molecular flexibility index (Phi) is 4.59. The summed E-state index contributed by atoms with van der Waals surface area (Å²) in [6.45, 7) is 0. The Labute approximate surface area is 128 Å². The van der Waals surface area contributed by atoms with E-state index in [9.17, 15) is 9.90 Å². The first-order chi connectivity index (χ1) is 10.6. The Morgan fingerprint density at radius 3 is 2.32 bits per heavy atom. The third-order valence-corrected chi connectivity index (χ3v) is 2.88. The molecule has 22 heavy (non-hydrogen) atoms. The third-order valence-electron chi connectivity index (χ3n) is 2.88. The second kappa shape index (κ2) is 6.78. The van der Waals surface area contributed by atoms with Gasteiger partial charge >= 0.3 is 0 Å². The molecule has 4 nitrogen and oxygen atoms in total. The van der Waals surface area contributed by atoms with Crippen LogP contribution in [0.2, 0.25) is 0 Å². The summed E-state index contributed by atoms with van der Waals surface area (Å²) in [4.78, 5) is 11.9. The number of phenols is 1. The van der Waals surface area contributed by atoms with Gasteiger partial charge in [-0.3, -0.25) is 4.79 Å². The zero-order chi connectivity index (χ0) is 15.9. The first-order valence-corrected chi connectivity index (χ1v) is 6.33. The molecule has 0 aliphatic rings. The van der Waals surface area contributed by atoms with Gasteiger partial charge in [-0.1, -0.05) is 11.8 Å². The van der Waals surface area contributed by atoms with E-state index in [4.69, 9.17) is 12.8 Å². The largest absolute Gasteiger partial charge is 0.507 e. The number of hydrogen-bond acceptors (Lipinski definition) is 3. The molecule has 0 saturated carbocycles. The molecule has 0 unspecified atom stereocenters. The number of nitrogens with zero attached hydrogens (tertiary/aromatic N) is 1. The second-order valence-corrected chi connectivity index (χ2v) is 4.34. The Morgan fingerprint density at radius 2 is 1.73 bits per heavy atom. The number of carbonyl (C=O) groups is 1. The summed E-state index contributed by atoms with van der Waals surface area (Å²) in [5, 5.41) is 13.5. The summed E-state index contributed by atoms with van der Waals surface area (Å²) in [7, 11) is 0. The van der Waals surface area contributed by atoms with Gasteiger partial charge in [0.05, 0.1) is 6.21 Å². The van der Waals surface area contributed by atoms with Crippen LogP contribution in [-0.2, 0) is 0 Å². The van der Waals surface area contributed by atoms with Gasteiger partial charge < -0.3 is 5.11 Å². The van der Waals surface area contributed by atoms with Gasteiger partial charge in [0.2, 0.25) is 0 Å². The summed E-state index contributed by atoms with van der Waals surface area (Å²) >= 11 is 0. The first kappa shape index (κ1) is 14.9. The third kappa shape index (κ3) is 3.53. The minimum atomic E-state index is -0.375. The van der Waals surface area contributed by atoms with Crippen LogP contribution in [0.15, 0.2) is 47.6 Å². The predicted octanol–water partition coefficient (Wildman–Crippen LogP) is 2.12. The van der Waals surface area contributed by atoms with Gasteiger partial charge in [-0.05, 0) is 42.5 Å². The van der Waals surface area contributed by atoms with Crippen LogP contribution in [0, 0.1) is 24.7 Å². The number of carbonyl (C=O) groups excluding carboxylic acids is 1. The maximum absolute atomic E-state index is 11.9. The number of amides is 1. The molecule has 0 aliphatic heterocycles. The van der Waals surface area contributed by atoms with E-state index in [1.54, 1.807) is 36.4 Å². The van der Waals surface area contributed by atoms with Crippen molar-refractivity contribution in [2.75, 3.05) is 0 Å². The van der Waals surface area contributed by atoms with Gasteiger partial charge in [0.15, 0.2) is 0 Å². The van der Waals surface area contributed by atoms with Crippen LogP contribution >= 0.6 is 0 Å². The van der Waals surface area contributed by atoms with E-state index in [2.05, 4.69) is 22.4 Å². The Bertz CT molecular complexity index is 806. The number of rotatable bonds is 3. The van der Waals surface area contributed by atoms with Gasteiger partial charge in [0.25, 0.3) is 5.91 Å². The highest BCUT2D eigenvalue weighted by Crippen LogP contribution is 2.16. The summed E-state index contributed by atoms with van der Waals surface area (Å²) < 4.78 is 0. The summed E-state index contributed by atoms with van der Waals surface area (Å²) in [6.07, 6.45) is 11.8. The topological polar surface area (TPSA) is 61.7 Å². The number of phenolic OH excluding ortho intramolecular Hbond substituents is 1. The van der Waals surface area contributed by atoms with Gasteiger partial charge in [0.1, 0.15) is 5.75 Å². The molecule has 0 atom stereocenters. The van der Waals surface area contributed by atoms with E-state index in [1.807, 2.05) is 0 Å². The van der Waals surface area contributed by atoms with Gasteiger partial charge in [-0.2, -0.15) is 5.10 Å². The molecule has 2 rings (SSSR count). The molecule has 2 N–H and O–H groups in total. The molecule has 0 fully saturated rings. The molecule has 2 aromatic carbocycles. The standard InChI is InChI=1S/C18H12N2O2/c1-3-13-5-8-15(9-6-13)18(22)20-19-12-16-10-7-14(4-2)11-17(16)21/h1-2,5-12,21H,(H,20,22)/b19-12+. The molecule has 0 spiro atoms. The van der Waals surface area contributed by atoms with Gasteiger partial charge in [0, 0.05) is 22.3 Å². The molecular formula is C18H12N2O2. The van der Waals surface area contributed by atoms with Crippen LogP contribution < -0.4 is 5.43 Å². The average molecular weight is 288 g/mol. The van der Waals surface area contributed by atoms with E-state index < -0.39 is 0 Å². The zero-order valence-corrected chi connectivity index (χ0v) is 11.6. The number of hydrogen-bond donors (Lipinski definition) is 2. The van der Waals surface area contributed by atoms with Crippen molar-refractivity contribution in [3.05, 3.63) is 64.7 Å². The lowest BCUT2D eigenvalue weighted by atomic mass is 10.1. The van der Waals surface area contributed by atoms with E-state index in [1.165, 1.54) is 12.3 Å². The second-order valence-electron chi connectivity index (χ2n) is 4.34. The molecule has 0 radical (unpaired) electrons. The van der Waals surface area contributed by atoms with Crippen LogP contribution in [0.3, 0.4) is 0 Å². The molecule has 0 aliphatic carbocycles. The van der Waals surface area contributed by atoms with Crippen LogP contribution in [0.5, 0.6) is 5.75 Å². The highest BCUT2D eigenvalue weighted by Gasteiger charge is 2.04. The minimum Gasteiger partial charge on any atom is -0.507 e. The van der Waals surface area contributed by atoms with Crippen molar-refractivity contribution in [1.82, 2.24) is 5.43 Å². The highest BCUT2D eigenvalue weighted by atomic mass is 16.3. The van der Waals surface area contributed by atoms with Crippen LogP contribution in [-0.4, -0.2) is 17.2 Å². The van der Waals surface area contributed by atoms with Crippen LogP contribution in [0.4, 0.5) is 0 Å². The van der Waals surface area contributed by atoms with E-state index in [0.29, 0.717) is 22.3 Å². The summed E-state index contributed by atoms with van der Waals surface area (Å²) in [6, 6.07) is 11.3.